The highest BCUT2D eigenvalue weighted by atomic mass is 32.2. The number of aliphatic hydroxyl groups is 1. The number of benzene rings is 3. The van der Waals surface area contributed by atoms with Crippen molar-refractivity contribution in [1.29, 1.82) is 0 Å². The Kier molecular flexibility index (Phi) is 13.3. The summed E-state index contributed by atoms with van der Waals surface area (Å²) in [7, 11) is -2.09. The molecule has 0 bridgehead atoms. The van der Waals surface area contributed by atoms with Crippen LogP contribution in [0.4, 0.5) is 18.9 Å². The van der Waals surface area contributed by atoms with Gasteiger partial charge in [-0.15, -0.1) is 0 Å². The number of hydrogen-bond donors (Lipinski definition) is 2. The number of likely N-dealkylation sites (N-methyl/N-ethyl adjacent to an activating group) is 1. The second kappa shape index (κ2) is 17.0. The summed E-state index contributed by atoms with van der Waals surface area (Å²) < 4.78 is 80.9. The van der Waals surface area contributed by atoms with Gasteiger partial charge >= 0.3 is 6.18 Å². The molecule has 0 saturated heterocycles. The molecule has 0 unspecified atom stereocenters. The van der Waals surface area contributed by atoms with E-state index in [1.807, 2.05) is 32.7 Å². The van der Waals surface area contributed by atoms with Crippen molar-refractivity contribution >= 4 is 21.6 Å². The third-order valence-corrected chi connectivity index (χ3v) is 10.3. The standard InChI is InChI=1S/C37H48F3N3O6S/c1-25-9-16-32(17-10-25)50(46,47)41-31-15-18-34-33(20-31)36(45)43(27(3)24-44)21-26(2)35(48-19-7-6-8-28(4)49-34)23-42(5)22-29-11-13-30(14-12-29)37(38,39)40/h9-18,20,26-28,35,41,44H,6-8,19,21-24H2,1-5H3/t26-,27+,28-,35+/m0/s1. The van der Waals surface area contributed by atoms with Crippen LogP contribution in [-0.4, -0.2) is 80.8 Å². The Morgan fingerprint density at radius 3 is 2.36 bits per heavy atom. The van der Waals surface area contributed by atoms with Crippen LogP contribution >= 0.6 is 0 Å². The number of carbonyl (C=O) groups is 1. The Labute approximate surface area is 293 Å². The van der Waals surface area contributed by atoms with Crippen molar-refractivity contribution in [3.63, 3.8) is 0 Å². The first-order chi connectivity index (χ1) is 23.6. The van der Waals surface area contributed by atoms with Crippen LogP contribution in [0, 0.1) is 12.8 Å². The van der Waals surface area contributed by atoms with E-state index >= 15 is 0 Å². The van der Waals surface area contributed by atoms with E-state index in [0.717, 1.165) is 36.1 Å². The molecule has 9 nitrogen and oxygen atoms in total. The van der Waals surface area contributed by atoms with Crippen molar-refractivity contribution in [3.8, 4) is 5.75 Å². The molecule has 1 heterocycles. The van der Waals surface area contributed by atoms with Gasteiger partial charge in [-0.3, -0.25) is 14.4 Å². The molecule has 1 amide bonds. The maximum atomic E-state index is 14.4. The largest absolute Gasteiger partial charge is 0.490 e. The highest BCUT2D eigenvalue weighted by Crippen LogP contribution is 2.31. The number of amides is 1. The highest BCUT2D eigenvalue weighted by molar-refractivity contribution is 7.92. The van der Waals surface area contributed by atoms with Crippen LogP contribution in [-0.2, 0) is 27.5 Å². The van der Waals surface area contributed by atoms with Crippen molar-refractivity contribution in [2.75, 3.05) is 38.1 Å². The highest BCUT2D eigenvalue weighted by Gasteiger charge is 2.32. The number of carbonyl (C=O) groups excluding carboxylic acids is 1. The van der Waals surface area contributed by atoms with Crippen LogP contribution in [0.3, 0.4) is 0 Å². The average Bonchev–Trinajstić information content (AvgIpc) is 3.06. The topological polar surface area (TPSA) is 108 Å². The molecular formula is C37H48F3N3O6S. The second-order valence-electron chi connectivity index (χ2n) is 13.3. The van der Waals surface area contributed by atoms with Gasteiger partial charge in [0.2, 0.25) is 0 Å². The van der Waals surface area contributed by atoms with E-state index in [-0.39, 0.29) is 47.4 Å². The van der Waals surface area contributed by atoms with E-state index in [4.69, 9.17) is 9.47 Å². The van der Waals surface area contributed by atoms with E-state index in [2.05, 4.69) is 4.72 Å². The number of rotatable bonds is 9. The van der Waals surface area contributed by atoms with Gasteiger partial charge in [0.15, 0.2) is 0 Å². The minimum atomic E-state index is -4.41. The molecule has 0 spiro atoms. The molecule has 0 aromatic heterocycles. The fourth-order valence-electron chi connectivity index (χ4n) is 5.86. The molecule has 4 atom stereocenters. The molecule has 0 fully saturated rings. The number of halogens is 3. The SMILES string of the molecule is Cc1ccc(S(=O)(=O)Nc2ccc3c(c2)C(=O)N([C@H](C)CO)C[C@H](C)[C@@H](CN(C)Cc2ccc(C(F)(F)F)cc2)OCCCC[C@H](C)O3)cc1. The van der Waals surface area contributed by atoms with E-state index < -0.39 is 33.7 Å². The number of alkyl halides is 3. The Morgan fingerprint density at radius 1 is 1.04 bits per heavy atom. The first-order valence-electron chi connectivity index (χ1n) is 16.9. The van der Waals surface area contributed by atoms with Gasteiger partial charge in [-0.25, -0.2) is 8.42 Å². The lowest BCUT2D eigenvalue weighted by Crippen LogP contribution is -2.47. The molecule has 274 valence electrons. The fraction of sp³-hybridized carbons (Fsp3) is 0.486. The quantitative estimate of drug-likeness (QED) is 0.252. The van der Waals surface area contributed by atoms with E-state index in [9.17, 15) is 31.5 Å². The third kappa shape index (κ3) is 10.7. The normalized spacial score (nSPS) is 20.5. The van der Waals surface area contributed by atoms with Crippen LogP contribution in [0.15, 0.2) is 71.6 Å². The predicted octanol–water partition coefficient (Wildman–Crippen LogP) is 6.74. The zero-order valence-electron chi connectivity index (χ0n) is 29.2. The first kappa shape index (κ1) is 39.1. The minimum Gasteiger partial charge on any atom is -0.490 e. The number of fused-ring (bicyclic) bond motifs is 1. The summed E-state index contributed by atoms with van der Waals surface area (Å²) in [5, 5.41) is 10.2. The minimum absolute atomic E-state index is 0.0815. The van der Waals surface area contributed by atoms with Gasteiger partial charge in [0.25, 0.3) is 15.9 Å². The molecule has 4 rings (SSSR count). The Balaban J connectivity index is 1.61. The maximum Gasteiger partial charge on any atom is 0.416 e. The smallest absolute Gasteiger partial charge is 0.416 e. The van der Waals surface area contributed by atoms with E-state index in [1.54, 1.807) is 36.1 Å². The van der Waals surface area contributed by atoms with Crippen molar-refractivity contribution < 1.29 is 41.0 Å². The number of hydrogen-bond acceptors (Lipinski definition) is 7. The lowest BCUT2D eigenvalue weighted by Gasteiger charge is -2.36. The Hall–Kier alpha value is -3.65. The lowest BCUT2D eigenvalue weighted by molar-refractivity contribution is -0.137. The van der Waals surface area contributed by atoms with Gasteiger partial charge in [0.1, 0.15) is 5.75 Å². The summed E-state index contributed by atoms with van der Waals surface area (Å²) in [4.78, 5) is 18.0. The number of aryl methyl sites for hydroxylation is 1. The number of nitrogens with one attached hydrogen (secondary N) is 1. The van der Waals surface area contributed by atoms with Crippen LogP contribution in [0.5, 0.6) is 5.75 Å². The van der Waals surface area contributed by atoms with Crippen LogP contribution in [0.25, 0.3) is 0 Å². The van der Waals surface area contributed by atoms with Crippen LogP contribution in [0.1, 0.15) is 67.1 Å². The van der Waals surface area contributed by atoms with E-state index in [0.29, 0.717) is 31.9 Å². The molecule has 0 radical (unpaired) electrons. The zero-order valence-corrected chi connectivity index (χ0v) is 30.1. The van der Waals surface area contributed by atoms with Gasteiger partial charge in [0, 0.05) is 37.8 Å². The van der Waals surface area contributed by atoms with Crippen molar-refractivity contribution in [1.82, 2.24) is 9.80 Å². The number of ether oxygens (including phenoxy) is 2. The number of sulfonamides is 1. The van der Waals surface area contributed by atoms with Crippen molar-refractivity contribution in [3.05, 3.63) is 89.0 Å². The van der Waals surface area contributed by atoms with Gasteiger partial charge in [-0.05, 0) is 95.1 Å². The molecule has 2 N–H and O–H groups in total. The van der Waals surface area contributed by atoms with Gasteiger partial charge in [-0.2, -0.15) is 13.2 Å². The first-order valence-corrected chi connectivity index (χ1v) is 18.3. The lowest BCUT2D eigenvalue weighted by atomic mass is 10.0. The van der Waals surface area contributed by atoms with Crippen LogP contribution in [0.2, 0.25) is 0 Å². The number of nitrogens with zero attached hydrogens (tertiary/aromatic N) is 2. The molecular weight excluding hydrogens is 671 g/mol. The predicted molar refractivity (Wildman–Crippen MR) is 187 cm³/mol. The molecule has 1 aliphatic heterocycles. The van der Waals surface area contributed by atoms with Gasteiger partial charge in [0.05, 0.1) is 40.9 Å². The van der Waals surface area contributed by atoms with Crippen LogP contribution < -0.4 is 9.46 Å². The second-order valence-corrected chi connectivity index (χ2v) is 15.0. The summed E-state index contributed by atoms with van der Waals surface area (Å²) in [6.45, 7) is 8.65. The summed E-state index contributed by atoms with van der Waals surface area (Å²) >= 11 is 0. The molecule has 13 heteroatoms. The molecule has 50 heavy (non-hydrogen) atoms. The van der Waals surface area contributed by atoms with Gasteiger partial charge < -0.3 is 19.5 Å². The fourth-order valence-corrected chi connectivity index (χ4v) is 6.91. The molecule has 0 aliphatic carbocycles. The number of anilines is 1. The zero-order chi connectivity index (χ0) is 36.6. The average molecular weight is 720 g/mol. The van der Waals surface area contributed by atoms with Crippen molar-refractivity contribution in [2.45, 2.75) is 82.8 Å². The number of aliphatic hydroxyl groups excluding tert-OH is 1. The monoisotopic (exact) mass is 719 g/mol. The van der Waals surface area contributed by atoms with E-state index in [1.165, 1.54) is 30.3 Å². The molecule has 1 aliphatic rings. The Morgan fingerprint density at radius 2 is 1.72 bits per heavy atom. The van der Waals surface area contributed by atoms with Crippen molar-refractivity contribution in [2.24, 2.45) is 5.92 Å². The molecule has 3 aromatic rings. The Bertz CT molecular complexity index is 1670. The summed E-state index contributed by atoms with van der Waals surface area (Å²) in [6.07, 6.45) is -2.76. The maximum absolute atomic E-state index is 14.4. The third-order valence-electron chi connectivity index (χ3n) is 8.86. The summed E-state index contributed by atoms with van der Waals surface area (Å²) in [5.41, 5.74) is 1.27. The summed E-state index contributed by atoms with van der Waals surface area (Å²) in [5.74, 6) is -0.354. The molecule has 3 aromatic carbocycles. The molecule has 0 saturated carbocycles. The van der Waals surface area contributed by atoms with Gasteiger partial charge in [-0.1, -0.05) is 36.8 Å². The summed E-state index contributed by atoms with van der Waals surface area (Å²) in [6, 6.07) is 15.5.